The van der Waals surface area contributed by atoms with Crippen molar-refractivity contribution in [2.45, 2.75) is 6.54 Å². The molecule has 25 heavy (non-hydrogen) atoms. The van der Waals surface area contributed by atoms with Crippen molar-refractivity contribution in [2.24, 2.45) is 0 Å². The lowest BCUT2D eigenvalue weighted by Crippen LogP contribution is -2.34. The number of aromatic nitrogens is 1. The average Bonchev–Trinajstić information content (AvgIpc) is 2.66. The number of nitrogens with zero attached hydrogens (tertiary/aromatic N) is 2. The molecule has 1 amide bonds. The summed E-state index contributed by atoms with van der Waals surface area (Å²) in [7, 11) is 0. The minimum absolute atomic E-state index is 0.0338. The number of benzene rings is 2. The Balaban J connectivity index is 1.80. The van der Waals surface area contributed by atoms with Crippen LogP contribution in [0.3, 0.4) is 0 Å². The fraction of sp³-hybridized carbons (Fsp3) is 0.100. The zero-order valence-electron chi connectivity index (χ0n) is 13.6. The van der Waals surface area contributed by atoms with Gasteiger partial charge in [-0.2, -0.15) is 0 Å². The second-order valence-corrected chi connectivity index (χ2v) is 5.39. The maximum atomic E-state index is 12.7. The van der Waals surface area contributed by atoms with Crippen LogP contribution in [0, 0.1) is 0 Å². The Hall–Kier alpha value is -3.34. The Morgan fingerprint density at radius 2 is 1.68 bits per heavy atom. The quantitative estimate of drug-likeness (QED) is 0.750. The molecule has 0 aliphatic rings. The molecule has 0 saturated heterocycles. The fourth-order valence-corrected chi connectivity index (χ4v) is 2.39. The number of hydrogen-bond donors (Lipinski definition) is 1. The van der Waals surface area contributed by atoms with Crippen molar-refractivity contribution in [1.82, 2.24) is 4.98 Å². The second kappa shape index (κ2) is 7.97. The molecule has 0 aliphatic carbocycles. The van der Waals surface area contributed by atoms with Crippen LogP contribution in [-0.4, -0.2) is 22.6 Å². The van der Waals surface area contributed by atoms with Gasteiger partial charge in [0, 0.05) is 6.20 Å². The molecule has 5 heteroatoms. The number of hydrogen-bond acceptors (Lipinski definition) is 4. The van der Waals surface area contributed by atoms with Gasteiger partial charge in [0.15, 0.2) is 6.61 Å². The maximum Gasteiger partial charge on any atom is 0.265 e. The summed E-state index contributed by atoms with van der Waals surface area (Å²) >= 11 is 0. The van der Waals surface area contributed by atoms with Crippen molar-refractivity contribution in [3.8, 4) is 11.5 Å². The fourth-order valence-electron chi connectivity index (χ4n) is 2.39. The van der Waals surface area contributed by atoms with Gasteiger partial charge in [-0.1, -0.05) is 36.4 Å². The monoisotopic (exact) mass is 334 g/mol. The molecule has 3 aromatic rings. The third-order valence-corrected chi connectivity index (χ3v) is 3.63. The third-order valence-electron chi connectivity index (χ3n) is 3.63. The molecule has 0 radical (unpaired) electrons. The SMILES string of the molecule is O=C(COc1ccccc1)N(Cc1ccccn1)c1ccccc1O. The smallest absolute Gasteiger partial charge is 0.265 e. The summed E-state index contributed by atoms with van der Waals surface area (Å²) in [6.45, 7) is 0.112. The van der Waals surface area contributed by atoms with Crippen LogP contribution in [0.2, 0.25) is 0 Å². The summed E-state index contributed by atoms with van der Waals surface area (Å²) in [5.74, 6) is 0.383. The lowest BCUT2D eigenvalue weighted by Gasteiger charge is -2.23. The largest absolute Gasteiger partial charge is 0.506 e. The van der Waals surface area contributed by atoms with Crippen molar-refractivity contribution >= 4 is 11.6 Å². The Morgan fingerprint density at radius 1 is 0.960 bits per heavy atom. The lowest BCUT2D eigenvalue weighted by molar-refractivity contribution is -0.120. The summed E-state index contributed by atoms with van der Waals surface area (Å²) in [6, 6.07) is 21.4. The predicted octanol–water partition coefficient (Wildman–Crippen LogP) is 3.40. The van der Waals surface area contributed by atoms with Gasteiger partial charge in [-0.3, -0.25) is 14.7 Å². The predicted molar refractivity (Wildman–Crippen MR) is 95.5 cm³/mol. The van der Waals surface area contributed by atoms with E-state index in [9.17, 15) is 9.90 Å². The average molecular weight is 334 g/mol. The number of rotatable bonds is 6. The van der Waals surface area contributed by atoms with E-state index in [1.165, 1.54) is 4.90 Å². The van der Waals surface area contributed by atoms with Crippen LogP contribution < -0.4 is 9.64 Å². The number of pyridine rings is 1. The minimum atomic E-state index is -0.268. The highest BCUT2D eigenvalue weighted by Gasteiger charge is 2.20. The van der Waals surface area contributed by atoms with E-state index >= 15 is 0 Å². The molecule has 0 atom stereocenters. The number of amides is 1. The summed E-state index contributed by atoms with van der Waals surface area (Å²) in [5.41, 5.74) is 1.15. The molecular formula is C20H18N2O3. The van der Waals surface area contributed by atoms with E-state index < -0.39 is 0 Å². The van der Waals surface area contributed by atoms with E-state index in [0.717, 1.165) is 5.69 Å². The van der Waals surface area contributed by atoms with E-state index in [4.69, 9.17) is 4.74 Å². The van der Waals surface area contributed by atoms with Crippen LogP contribution >= 0.6 is 0 Å². The first kappa shape index (κ1) is 16.5. The van der Waals surface area contributed by atoms with Crippen molar-refractivity contribution in [3.05, 3.63) is 84.7 Å². The Morgan fingerprint density at radius 3 is 2.40 bits per heavy atom. The van der Waals surface area contributed by atoms with E-state index in [0.29, 0.717) is 11.4 Å². The van der Waals surface area contributed by atoms with Crippen LogP contribution in [0.5, 0.6) is 11.5 Å². The van der Waals surface area contributed by atoms with E-state index in [-0.39, 0.29) is 24.8 Å². The summed E-state index contributed by atoms with van der Waals surface area (Å²) in [5, 5.41) is 10.1. The topological polar surface area (TPSA) is 62.7 Å². The minimum Gasteiger partial charge on any atom is -0.506 e. The van der Waals surface area contributed by atoms with Crippen molar-refractivity contribution in [1.29, 1.82) is 0 Å². The zero-order valence-corrected chi connectivity index (χ0v) is 13.6. The molecule has 2 aromatic carbocycles. The molecule has 5 nitrogen and oxygen atoms in total. The van der Waals surface area contributed by atoms with Gasteiger partial charge >= 0.3 is 0 Å². The number of carbonyl (C=O) groups is 1. The van der Waals surface area contributed by atoms with Gasteiger partial charge in [0.1, 0.15) is 11.5 Å². The molecule has 0 fully saturated rings. The number of carbonyl (C=O) groups excluding carboxylic acids is 1. The number of anilines is 1. The number of phenolic OH excluding ortho intramolecular Hbond substituents is 1. The van der Waals surface area contributed by atoms with Gasteiger partial charge in [0.2, 0.25) is 0 Å². The van der Waals surface area contributed by atoms with Crippen LogP contribution in [0.1, 0.15) is 5.69 Å². The molecule has 0 spiro atoms. The van der Waals surface area contributed by atoms with Crippen LogP contribution in [0.15, 0.2) is 79.0 Å². The first-order valence-electron chi connectivity index (χ1n) is 7.90. The Labute approximate surface area is 146 Å². The maximum absolute atomic E-state index is 12.7. The molecule has 1 N–H and O–H groups in total. The van der Waals surface area contributed by atoms with Crippen LogP contribution in [-0.2, 0) is 11.3 Å². The highest BCUT2D eigenvalue weighted by atomic mass is 16.5. The standard InChI is InChI=1S/C20H18N2O3/c23-19-12-5-4-11-18(19)22(14-16-8-6-7-13-21-16)20(24)15-25-17-9-2-1-3-10-17/h1-13,23H,14-15H2. The summed E-state index contributed by atoms with van der Waals surface area (Å²) in [4.78, 5) is 18.5. The van der Waals surface area contributed by atoms with E-state index in [2.05, 4.69) is 4.98 Å². The molecule has 0 bridgehead atoms. The number of phenols is 1. The van der Waals surface area contributed by atoms with E-state index in [1.54, 1.807) is 42.6 Å². The molecule has 0 saturated carbocycles. The van der Waals surface area contributed by atoms with Gasteiger partial charge in [-0.15, -0.1) is 0 Å². The van der Waals surface area contributed by atoms with Crippen molar-refractivity contribution in [2.75, 3.05) is 11.5 Å². The molecule has 3 rings (SSSR count). The van der Waals surface area contributed by atoms with Gasteiger partial charge in [-0.05, 0) is 36.4 Å². The summed E-state index contributed by atoms with van der Waals surface area (Å²) < 4.78 is 5.55. The number of para-hydroxylation sites is 3. The molecular weight excluding hydrogens is 316 g/mol. The van der Waals surface area contributed by atoms with Gasteiger partial charge < -0.3 is 9.84 Å². The number of aromatic hydroxyl groups is 1. The Kier molecular flexibility index (Phi) is 5.26. The van der Waals surface area contributed by atoms with Crippen molar-refractivity contribution < 1.29 is 14.6 Å². The Bertz CT molecular complexity index is 823. The first-order chi connectivity index (χ1) is 12.2. The van der Waals surface area contributed by atoms with Crippen LogP contribution in [0.25, 0.3) is 0 Å². The molecule has 0 aliphatic heterocycles. The third kappa shape index (κ3) is 4.35. The normalized spacial score (nSPS) is 10.2. The summed E-state index contributed by atoms with van der Waals surface area (Å²) in [6.07, 6.45) is 1.67. The highest BCUT2D eigenvalue weighted by Crippen LogP contribution is 2.28. The number of ether oxygens (including phenoxy) is 1. The lowest BCUT2D eigenvalue weighted by atomic mass is 10.2. The molecule has 1 aromatic heterocycles. The van der Waals surface area contributed by atoms with Gasteiger partial charge in [0.25, 0.3) is 5.91 Å². The van der Waals surface area contributed by atoms with Crippen molar-refractivity contribution in [3.63, 3.8) is 0 Å². The van der Waals surface area contributed by atoms with Gasteiger partial charge in [0.05, 0.1) is 17.9 Å². The first-order valence-corrected chi connectivity index (χ1v) is 7.90. The second-order valence-electron chi connectivity index (χ2n) is 5.39. The van der Waals surface area contributed by atoms with Crippen LogP contribution in [0.4, 0.5) is 5.69 Å². The highest BCUT2D eigenvalue weighted by molar-refractivity contribution is 5.95. The molecule has 126 valence electrons. The molecule has 0 unspecified atom stereocenters. The van der Waals surface area contributed by atoms with Gasteiger partial charge in [-0.25, -0.2) is 0 Å². The zero-order chi connectivity index (χ0) is 17.5. The van der Waals surface area contributed by atoms with E-state index in [1.807, 2.05) is 36.4 Å². The molecule has 1 heterocycles.